The normalized spacial score (nSPS) is 14.3. The van der Waals surface area contributed by atoms with E-state index in [1.165, 1.54) is 11.3 Å². The van der Waals surface area contributed by atoms with Crippen molar-refractivity contribution in [1.29, 1.82) is 0 Å². The molecule has 0 bridgehead atoms. The Morgan fingerprint density at radius 3 is 2.56 bits per heavy atom. The summed E-state index contributed by atoms with van der Waals surface area (Å²) in [7, 11) is 0. The molecule has 5 nitrogen and oxygen atoms in total. The van der Waals surface area contributed by atoms with Crippen molar-refractivity contribution < 1.29 is 13.6 Å². The van der Waals surface area contributed by atoms with Crippen LogP contribution in [0.2, 0.25) is 0 Å². The molecule has 0 atom stereocenters. The van der Waals surface area contributed by atoms with Crippen molar-refractivity contribution in [2.24, 2.45) is 0 Å². The van der Waals surface area contributed by atoms with Crippen LogP contribution in [-0.4, -0.2) is 10.8 Å². The molecule has 0 spiro atoms. The predicted octanol–water partition coefficient (Wildman–Crippen LogP) is 6.45. The minimum absolute atomic E-state index is 0.0944. The van der Waals surface area contributed by atoms with Gasteiger partial charge in [0.2, 0.25) is 5.78 Å². The summed E-state index contributed by atoms with van der Waals surface area (Å²) in [6.07, 6.45) is 7.02. The molecule has 6 heteroatoms. The SMILES string of the molecule is Nc1c(C(=O)c2ccccc2)sc2nc3c(c(-c4ccco4)c12)CC/C3=C/c1ccco1. The van der Waals surface area contributed by atoms with Crippen LogP contribution in [0, 0.1) is 0 Å². The molecule has 2 N–H and O–H groups in total. The maximum atomic E-state index is 13.2. The monoisotopic (exact) mass is 438 g/mol. The maximum absolute atomic E-state index is 13.2. The lowest BCUT2D eigenvalue weighted by Crippen LogP contribution is -2.02. The summed E-state index contributed by atoms with van der Waals surface area (Å²) in [4.78, 5) is 19.4. The number of pyridine rings is 1. The fourth-order valence-corrected chi connectivity index (χ4v) is 5.41. The second-order valence-electron chi connectivity index (χ2n) is 7.70. The standard InChI is InChI=1S/C26H18N2O3S/c27-22-21-20(19-9-5-13-31-19)18-11-10-16(14-17-8-4-12-30-17)23(18)28-26(21)32-25(22)24(29)15-6-2-1-3-7-15/h1-9,12-14H,10-11,27H2/b16-14-. The highest BCUT2D eigenvalue weighted by Gasteiger charge is 2.30. The number of carbonyl (C=O) groups is 1. The second kappa shape index (κ2) is 7.35. The highest BCUT2D eigenvalue weighted by molar-refractivity contribution is 7.21. The molecule has 1 aliphatic carbocycles. The number of fused-ring (bicyclic) bond motifs is 2. The van der Waals surface area contributed by atoms with Gasteiger partial charge in [-0.15, -0.1) is 11.3 Å². The number of rotatable bonds is 4. The smallest absolute Gasteiger partial charge is 0.205 e. The first-order chi connectivity index (χ1) is 15.7. The second-order valence-corrected chi connectivity index (χ2v) is 8.70. The lowest BCUT2D eigenvalue weighted by Gasteiger charge is -2.09. The van der Waals surface area contributed by atoms with E-state index in [2.05, 4.69) is 0 Å². The van der Waals surface area contributed by atoms with Crippen LogP contribution in [0.3, 0.4) is 0 Å². The first kappa shape index (κ1) is 18.8. The molecule has 0 saturated carbocycles. The van der Waals surface area contributed by atoms with E-state index in [9.17, 15) is 4.79 Å². The summed E-state index contributed by atoms with van der Waals surface area (Å²) in [5, 5.41) is 0.794. The van der Waals surface area contributed by atoms with Gasteiger partial charge in [0.1, 0.15) is 21.2 Å². The molecule has 0 saturated heterocycles. The first-order valence-electron chi connectivity index (χ1n) is 10.3. The number of allylic oxidation sites excluding steroid dienone is 1. The van der Waals surface area contributed by atoms with Crippen molar-refractivity contribution in [3.63, 3.8) is 0 Å². The number of ketones is 1. The maximum Gasteiger partial charge on any atom is 0.205 e. The van der Waals surface area contributed by atoms with Gasteiger partial charge in [-0.2, -0.15) is 0 Å². The number of hydrogen-bond donors (Lipinski definition) is 1. The van der Waals surface area contributed by atoms with Crippen molar-refractivity contribution >= 4 is 44.7 Å². The number of anilines is 1. The molecule has 4 heterocycles. The molecule has 32 heavy (non-hydrogen) atoms. The van der Waals surface area contributed by atoms with Crippen LogP contribution in [0.15, 0.2) is 76.0 Å². The fourth-order valence-electron chi connectivity index (χ4n) is 4.34. The van der Waals surface area contributed by atoms with Gasteiger partial charge < -0.3 is 14.6 Å². The molecular weight excluding hydrogens is 420 g/mol. The Bertz CT molecular complexity index is 1480. The van der Waals surface area contributed by atoms with Crippen molar-refractivity contribution in [2.45, 2.75) is 12.8 Å². The van der Waals surface area contributed by atoms with Crippen LogP contribution < -0.4 is 5.73 Å². The number of carbonyl (C=O) groups excluding carboxylic acids is 1. The molecular formula is C26H18N2O3S. The van der Waals surface area contributed by atoms with E-state index in [4.69, 9.17) is 19.6 Å². The topological polar surface area (TPSA) is 82.3 Å². The third kappa shape index (κ3) is 2.92. The minimum Gasteiger partial charge on any atom is -0.465 e. The quantitative estimate of drug-likeness (QED) is 0.326. The van der Waals surface area contributed by atoms with Gasteiger partial charge >= 0.3 is 0 Å². The summed E-state index contributed by atoms with van der Waals surface area (Å²) in [5.74, 6) is 1.43. The summed E-state index contributed by atoms with van der Waals surface area (Å²) in [6.45, 7) is 0. The Hall–Kier alpha value is -3.90. The van der Waals surface area contributed by atoms with Gasteiger partial charge in [-0.05, 0) is 54.3 Å². The molecule has 1 aliphatic rings. The average molecular weight is 439 g/mol. The molecule has 5 aromatic rings. The Morgan fingerprint density at radius 1 is 1.00 bits per heavy atom. The zero-order valence-electron chi connectivity index (χ0n) is 17.0. The fraction of sp³-hybridized carbons (Fsp3) is 0.0769. The predicted molar refractivity (Wildman–Crippen MR) is 127 cm³/mol. The lowest BCUT2D eigenvalue weighted by molar-refractivity contribution is 0.104. The molecule has 1 aromatic carbocycles. The molecule has 0 aliphatic heterocycles. The van der Waals surface area contributed by atoms with Gasteiger partial charge in [0.05, 0.1) is 23.9 Å². The van der Waals surface area contributed by atoms with Crippen LogP contribution in [-0.2, 0) is 6.42 Å². The highest BCUT2D eigenvalue weighted by Crippen LogP contribution is 2.47. The van der Waals surface area contributed by atoms with E-state index in [0.29, 0.717) is 16.1 Å². The summed E-state index contributed by atoms with van der Waals surface area (Å²) < 4.78 is 11.3. The van der Waals surface area contributed by atoms with Crippen molar-refractivity contribution in [1.82, 2.24) is 4.98 Å². The van der Waals surface area contributed by atoms with Crippen LogP contribution in [0.25, 0.3) is 33.2 Å². The van der Waals surface area contributed by atoms with Gasteiger partial charge in [-0.3, -0.25) is 4.79 Å². The molecule has 156 valence electrons. The molecule has 6 rings (SSSR count). The Balaban J connectivity index is 1.60. The van der Waals surface area contributed by atoms with Gasteiger partial charge in [0.25, 0.3) is 0 Å². The molecule has 0 amide bonds. The van der Waals surface area contributed by atoms with Crippen molar-refractivity contribution in [3.05, 3.63) is 94.6 Å². The Morgan fingerprint density at radius 2 is 1.81 bits per heavy atom. The van der Waals surface area contributed by atoms with Crippen molar-refractivity contribution in [2.75, 3.05) is 5.73 Å². The zero-order chi connectivity index (χ0) is 21.7. The van der Waals surface area contributed by atoms with Gasteiger partial charge in [-0.25, -0.2) is 4.98 Å². The third-order valence-corrected chi connectivity index (χ3v) is 6.89. The van der Waals surface area contributed by atoms with Crippen LogP contribution in [0.4, 0.5) is 5.69 Å². The van der Waals surface area contributed by atoms with Crippen molar-refractivity contribution in [3.8, 4) is 11.3 Å². The Labute approximate surface area is 187 Å². The molecule has 0 fully saturated rings. The molecule has 0 radical (unpaired) electrons. The average Bonchev–Trinajstić information content (AvgIpc) is 3.62. The number of nitrogen functional groups attached to an aromatic ring is 1. The van der Waals surface area contributed by atoms with Gasteiger partial charge in [-0.1, -0.05) is 30.3 Å². The van der Waals surface area contributed by atoms with Crippen LogP contribution >= 0.6 is 11.3 Å². The van der Waals surface area contributed by atoms with E-state index in [0.717, 1.165) is 57.0 Å². The van der Waals surface area contributed by atoms with E-state index in [1.54, 1.807) is 24.7 Å². The molecule has 0 unspecified atom stereocenters. The zero-order valence-corrected chi connectivity index (χ0v) is 17.8. The number of nitrogens with zero attached hydrogens (tertiary/aromatic N) is 1. The first-order valence-corrected chi connectivity index (χ1v) is 11.2. The number of benzene rings is 1. The van der Waals surface area contributed by atoms with Gasteiger partial charge in [0, 0.05) is 16.5 Å². The van der Waals surface area contributed by atoms with Crippen LogP contribution in [0.5, 0.6) is 0 Å². The number of nitrogens with two attached hydrogens (primary N) is 1. The Kier molecular flexibility index (Phi) is 4.33. The number of aromatic nitrogens is 1. The third-order valence-electron chi connectivity index (χ3n) is 5.80. The van der Waals surface area contributed by atoms with Crippen LogP contribution in [0.1, 0.15) is 38.7 Å². The minimum atomic E-state index is -0.0944. The number of thiophene rings is 1. The lowest BCUT2D eigenvalue weighted by atomic mass is 9.99. The summed E-state index contributed by atoms with van der Waals surface area (Å²) in [5.41, 5.74) is 11.7. The van der Waals surface area contributed by atoms with E-state index in [-0.39, 0.29) is 5.78 Å². The van der Waals surface area contributed by atoms with E-state index < -0.39 is 0 Å². The summed E-state index contributed by atoms with van der Waals surface area (Å²) in [6, 6.07) is 16.8. The number of hydrogen-bond acceptors (Lipinski definition) is 6. The van der Waals surface area contributed by atoms with E-state index >= 15 is 0 Å². The largest absolute Gasteiger partial charge is 0.465 e. The molecule has 4 aromatic heterocycles. The van der Waals surface area contributed by atoms with Gasteiger partial charge in [0.15, 0.2) is 0 Å². The van der Waals surface area contributed by atoms with E-state index in [1.807, 2.05) is 48.5 Å². The highest BCUT2D eigenvalue weighted by atomic mass is 32.1. The number of furan rings is 2. The summed E-state index contributed by atoms with van der Waals surface area (Å²) >= 11 is 1.34.